The van der Waals surface area contributed by atoms with E-state index >= 15 is 0 Å². The van der Waals surface area contributed by atoms with Gasteiger partial charge in [0.2, 0.25) is 0 Å². The minimum absolute atomic E-state index is 0.772. The number of hydrogen-bond acceptors (Lipinski definition) is 2. The van der Waals surface area contributed by atoms with Gasteiger partial charge in [-0.2, -0.15) is 0 Å². The van der Waals surface area contributed by atoms with Crippen molar-refractivity contribution in [2.75, 3.05) is 19.6 Å². The Balaban J connectivity index is 1.84. The van der Waals surface area contributed by atoms with Crippen molar-refractivity contribution in [1.82, 2.24) is 4.90 Å². The minimum Gasteiger partial charge on any atom is -0.330 e. The largest absolute Gasteiger partial charge is 0.330 e. The van der Waals surface area contributed by atoms with Crippen LogP contribution in [0, 0.1) is 11.8 Å². The average Bonchev–Trinajstić information content (AvgIpc) is 2.64. The summed E-state index contributed by atoms with van der Waals surface area (Å²) >= 11 is 0. The molecule has 3 atom stereocenters. The third-order valence-electron chi connectivity index (χ3n) is 5.04. The Morgan fingerprint density at radius 1 is 1.00 bits per heavy atom. The zero-order chi connectivity index (χ0) is 12.1. The molecule has 0 spiro atoms. The molecular formula is C15H30N2. The molecule has 2 fully saturated rings. The quantitative estimate of drug-likeness (QED) is 0.766. The average molecular weight is 238 g/mol. The summed E-state index contributed by atoms with van der Waals surface area (Å²) in [5.41, 5.74) is 5.84. The highest BCUT2D eigenvalue weighted by Crippen LogP contribution is 2.30. The zero-order valence-electron chi connectivity index (χ0n) is 11.5. The maximum absolute atomic E-state index is 5.84. The summed E-state index contributed by atoms with van der Waals surface area (Å²) < 4.78 is 0. The molecule has 17 heavy (non-hydrogen) atoms. The molecule has 2 heteroatoms. The van der Waals surface area contributed by atoms with Crippen LogP contribution in [0.2, 0.25) is 0 Å². The standard InChI is InChI=1S/C15H30N2/c1-2-13-5-3-7-15(9-8-13)17-10-4-6-14(11-16)12-17/h13-15H,2-12,16H2,1H3. The first-order valence-electron chi connectivity index (χ1n) is 7.77. The fraction of sp³-hybridized carbons (Fsp3) is 1.00. The highest BCUT2D eigenvalue weighted by Gasteiger charge is 2.27. The van der Waals surface area contributed by atoms with Crippen molar-refractivity contribution in [3.63, 3.8) is 0 Å². The van der Waals surface area contributed by atoms with E-state index in [4.69, 9.17) is 5.73 Å². The molecule has 0 aromatic rings. The number of piperidine rings is 1. The molecule has 100 valence electrons. The van der Waals surface area contributed by atoms with E-state index in [1.807, 2.05) is 0 Å². The van der Waals surface area contributed by atoms with Crippen LogP contribution in [0.4, 0.5) is 0 Å². The van der Waals surface area contributed by atoms with Crippen molar-refractivity contribution in [3.05, 3.63) is 0 Å². The van der Waals surface area contributed by atoms with Crippen molar-refractivity contribution in [2.24, 2.45) is 17.6 Å². The Labute approximate surface area is 107 Å². The molecule has 0 aromatic heterocycles. The Bertz CT molecular complexity index is 217. The minimum atomic E-state index is 0.772. The number of likely N-dealkylation sites (tertiary alicyclic amines) is 1. The van der Waals surface area contributed by atoms with Crippen LogP contribution in [-0.2, 0) is 0 Å². The fourth-order valence-electron chi connectivity index (χ4n) is 3.75. The summed E-state index contributed by atoms with van der Waals surface area (Å²) in [5.74, 6) is 1.78. The fourth-order valence-corrected chi connectivity index (χ4v) is 3.75. The lowest BCUT2D eigenvalue weighted by Gasteiger charge is -2.37. The molecule has 0 amide bonds. The van der Waals surface area contributed by atoms with E-state index in [0.29, 0.717) is 0 Å². The molecule has 1 aliphatic carbocycles. The zero-order valence-corrected chi connectivity index (χ0v) is 11.5. The molecule has 2 N–H and O–H groups in total. The van der Waals surface area contributed by atoms with Crippen molar-refractivity contribution >= 4 is 0 Å². The topological polar surface area (TPSA) is 29.3 Å². The van der Waals surface area contributed by atoms with Gasteiger partial charge in [0.25, 0.3) is 0 Å². The summed E-state index contributed by atoms with van der Waals surface area (Å²) in [7, 11) is 0. The molecule has 1 heterocycles. The summed E-state index contributed by atoms with van der Waals surface area (Å²) in [6, 6.07) is 0.876. The van der Waals surface area contributed by atoms with Gasteiger partial charge in [-0.3, -0.25) is 0 Å². The van der Waals surface area contributed by atoms with Crippen molar-refractivity contribution < 1.29 is 0 Å². The van der Waals surface area contributed by atoms with Gasteiger partial charge in [-0.05, 0) is 57.0 Å². The molecule has 0 aromatic carbocycles. The van der Waals surface area contributed by atoms with Gasteiger partial charge in [-0.15, -0.1) is 0 Å². The molecule has 1 saturated heterocycles. The Hall–Kier alpha value is -0.0800. The van der Waals surface area contributed by atoms with Crippen LogP contribution in [0.5, 0.6) is 0 Å². The predicted molar refractivity (Wildman–Crippen MR) is 74.0 cm³/mol. The second-order valence-corrected chi connectivity index (χ2v) is 6.18. The van der Waals surface area contributed by atoms with E-state index in [2.05, 4.69) is 11.8 Å². The van der Waals surface area contributed by atoms with Gasteiger partial charge in [0.15, 0.2) is 0 Å². The van der Waals surface area contributed by atoms with E-state index in [1.165, 1.54) is 64.5 Å². The van der Waals surface area contributed by atoms with Crippen molar-refractivity contribution in [2.45, 2.75) is 64.3 Å². The number of rotatable bonds is 3. The summed E-state index contributed by atoms with van der Waals surface area (Å²) in [6.07, 6.45) is 11.4. The van der Waals surface area contributed by atoms with Gasteiger partial charge in [0.05, 0.1) is 0 Å². The van der Waals surface area contributed by atoms with E-state index in [1.54, 1.807) is 0 Å². The lowest BCUT2D eigenvalue weighted by Crippen LogP contribution is -2.44. The van der Waals surface area contributed by atoms with Crippen LogP contribution in [0.15, 0.2) is 0 Å². The first-order chi connectivity index (χ1) is 8.33. The maximum Gasteiger partial charge on any atom is 0.00954 e. The summed E-state index contributed by atoms with van der Waals surface area (Å²) in [4.78, 5) is 2.76. The van der Waals surface area contributed by atoms with Crippen LogP contribution in [0.3, 0.4) is 0 Å². The molecule has 1 aliphatic heterocycles. The SMILES string of the molecule is CCC1CCCC(N2CCCC(CN)C2)CC1. The highest BCUT2D eigenvalue weighted by molar-refractivity contribution is 4.82. The molecule has 1 saturated carbocycles. The smallest absolute Gasteiger partial charge is 0.00954 e. The number of nitrogens with two attached hydrogens (primary N) is 1. The Kier molecular flexibility index (Phi) is 5.30. The molecule has 2 nitrogen and oxygen atoms in total. The van der Waals surface area contributed by atoms with Crippen LogP contribution < -0.4 is 5.73 Å². The Morgan fingerprint density at radius 2 is 1.82 bits per heavy atom. The predicted octanol–water partition coefficient (Wildman–Crippen LogP) is 3.02. The van der Waals surface area contributed by atoms with Gasteiger partial charge in [0, 0.05) is 12.6 Å². The van der Waals surface area contributed by atoms with Gasteiger partial charge >= 0.3 is 0 Å². The molecule has 2 rings (SSSR count). The monoisotopic (exact) mass is 238 g/mol. The van der Waals surface area contributed by atoms with Crippen LogP contribution >= 0.6 is 0 Å². The highest BCUT2D eigenvalue weighted by atomic mass is 15.2. The normalized spacial score (nSPS) is 36.7. The van der Waals surface area contributed by atoms with E-state index in [9.17, 15) is 0 Å². The van der Waals surface area contributed by atoms with Gasteiger partial charge in [0.1, 0.15) is 0 Å². The van der Waals surface area contributed by atoms with Crippen LogP contribution in [0.1, 0.15) is 58.3 Å². The van der Waals surface area contributed by atoms with Gasteiger partial charge in [-0.1, -0.05) is 26.2 Å². The van der Waals surface area contributed by atoms with Crippen LogP contribution in [0.25, 0.3) is 0 Å². The van der Waals surface area contributed by atoms with Crippen molar-refractivity contribution in [3.8, 4) is 0 Å². The van der Waals surface area contributed by atoms with Crippen molar-refractivity contribution in [1.29, 1.82) is 0 Å². The Morgan fingerprint density at radius 3 is 2.59 bits per heavy atom. The third-order valence-corrected chi connectivity index (χ3v) is 5.04. The second-order valence-electron chi connectivity index (χ2n) is 6.18. The molecule has 0 bridgehead atoms. The number of hydrogen-bond donors (Lipinski definition) is 1. The molecular weight excluding hydrogens is 208 g/mol. The lowest BCUT2D eigenvalue weighted by molar-refractivity contribution is 0.114. The van der Waals surface area contributed by atoms with Gasteiger partial charge in [-0.25, -0.2) is 0 Å². The van der Waals surface area contributed by atoms with Gasteiger partial charge < -0.3 is 10.6 Å². The third kappa shape index (κ3) is 3.69. The van der Waals surface area contributed by atoms with E-state index in [-0.39, 0.29) is 0 Å². The van der Waals surface area contributed by atoms with E-state index in [0.717, 1.165) is 24.4 Å². The van der Waals surface area contributed by atoms with E-state index < -0.39 is 0 Å². The molecule has 0 radical (unpaired) electrons. The first-order valence-corrected chi connectivity index (χ1v) is 7.77. The second kappa shape index (κ2) is 6.75. The number of nitrogens with zero attached hydrogens (tertiary/aromatic N) is 1. The molecule has 3 unspecified atom stereocenters. The molecule has 2 aliphatic rings. The lowest BCUT2D eigenvalue weighted by atomic mass is 9.94. The maximum atomic E-state index is 5.84. The summed E-state index contributed by atoms with van der Waals surface area (Å²) in [6.45, 7) is 5.85. The summed E-state index contributed by atoms with van der Waals surface area (Å²) in [5, 5.41) is 0. The first kappa shape index (κ1) is 13.4. The van der Waals surface area contributed by atoms with Crippen LogP contribution in [-0.4, -0.2) is 30.6 Å².